The van der Waals surface area contributed by atoms with Crippen molar-refractivity contribution in [2.45, 2.75) is 11.5 Å². The van der Waals surface area contributed by atoms with Gasteiger partial charge in [0.05, 0.1) is 12.7 Å². The Morgan fingerprint density at radius 1 is 0.900 bits per heavy atom. The fraction of sp³-hybridized carbons (Fsp3) is 0.174. The monoisotopic (exact) mass is 425 g/mol. The van der Waals surface area contributed by atoms with Crippen molar-refractivity contribution < 1.29 is 22.7 Å². The SMILES string of the molecule is COc1ccc(C(=O)OCc2ccc(-c3ccccc3)cc2)cc1S(=O)(=O)N(C)C. The van der Waals surface area contributed by atoms with E-state index in [4.69, 9.17) is 9.47 Å². The first-order chi connectivity index (χ1) is 14.3. The van der Waals surface area contributed by atoms with Crippen LogP contribution in [0.1, 0.15) is 15.9 Å². The van der Waals surface area contributed by atoms with Gasteiger partial charge in [0.2, 0.25) is 10.0 Å². The Balaban J connectivity index is 1.74. The minimum Gasteiger partial charge on any atom is -0.495 e. The van der Waals surface area contributed by atoms with E-state index in [-0.39, 0.29) is 22.8 Å². The number of sulfonamides is 1. The van der Waals surface area contributed by atoms with Crippen LogP contribution in [0.2, 0.25) is 0 Å². The molecule has 0 atom stereocenters. The Morgan fingerprint density at radius 3 is 2.13 bits per heavy atom. The highest BCUT2D eigenvalue weighted by Gasteiger charge is 2.24. The highest BCUT2D eigenvalue weighted by atomic mass is 32.2. The van der Waals surface area contributed by atoms with Crippen LogP contribution in [0.15, 0.2) is 77.7 Å². The number of rotatable bonds is 7. The van der Waals surface area contributed by atoms with E-state index in [1.54, 1.807) is 0 Å². The van der Waals surface area contributed by atoms with Gasteiger partial charge in [-0.2, -0.15) is 0 Å². The van der Waals surface area contributed by atoms with Crippen molar-refractivity contribution in [1.29, 1.82) is 0 Å². The van der Waals surface area contributed by atoms with E-state index < -0.39 is 16.0 Å². The molecule has 156 valence electrons. The predicted molar refractivity (Wildman–Crippen MR) is 115 cm³/mol. The van der Waals surface area contributed by atoms with E-state index in [2.05, 4.69) is 0 Å². The molecule has 0 unspecified atom stereocenters. The normalized spacial score (nSPS) is 11.3. The molecular formula is C23H23NO5S. The van der Waals surface area contributed by atoms with Crippen LogP contribution >= 0.6 is 0 Å². The van der Waals surface area contributed by atoms with Crippen LogP contribution in [0, 0.1) is 0 Å². The van der Waals surface area contributed by atoms with E-state index in [0.717, 1.165) is 21.0 Å². The molecule has 0 heterocycles. The van der Waals surface area contributed by atoms with Gasteiger partial charge in [-0.05, 0) is 34.9 Å². The van der Waals surface area contributed by atoms with Crippen LogP contribution in [-0.2, 0) is 21.4 Å². The number of ether oxygens (including phenoxy) is 2. The molecule has 3 aromatic carbocycles. The number of nitrogens with zero attached hydrogens (tertiary/aromatic N) is 1. The number of benzene rings is 3. The van der Waals surface area contributed by atoms with Gasteiger partial charge in [-0.15, -0.1) is 0 Å². The maximum atomic E-state index is 12.5. The second-order valence-electron chi connectivity index (χ2n) is 6.79. The molecule has 0 aliphatic rings. The summed E-state index contributed by atoms with van der Waals surface area (Å²) in [6.07, 6.45) is 0. The average Bonchev–Trinajstić information content (AvgIpc) is 2.77. The van der Waals surface area contributed by atoms with Crippen molar-refractivity contribution in [3.05, 3.63) is 83.9 Å². The number of carbonyl (C=O) groups excluding carboxylic acids is 1. The van der Waals surface area contributed by atoms with Gasteiger partial charge >= 0.3 is 5.97 Å². The smallest absolute Gasteiger partial charge is 0.338 e. The Hall–Kier alpha value is -3.16. The third kappa shape index (κ3) is 4.69. The summed E-state index contributed by atoms with van der Waals surface area (Å²) in [5.41, 5.74) is 3.14. The van der Waals surface area contributed by atoms with Gasteiger partial charge in [0.25, 0.3) is 0 Å². The zero-order valence-corrected chi connectivity index (χ0v) is 17.8. The molecule has 0 radical (unpaired) electrons. The highest BCUT2D eigenvalue weighted by molar-refractivity contribution is 7.89. The van der Waals surface area contributed by atoms with Crippen molar-refractivity contribution in [1.82, 2.24) is 4.31 Å². The lowest BCUT2D eigenvalue weighted by molar-refractivity contribution is 0.0472. The Bertz CT molecular complexity index is 1120. The second-order valence-corrected chi connectivity index (χ2v) is 8.91. The van der Waals surface area contributed by atoms with Crippen LogP contribution in [0.3, 0.4) is 0 Å². The van der Waals surface area contributed by atoms with E-state index >= 15 is 0 Å². The number of methoxy groups -OCH3 is 1. The molecule has 0 spiro atoms. The van der Waals surface area contributed by atoms with Crippen LogP contribution in [0.5, 0.6) is 5.75 Å². The third-order valence-electron chi connectivity index (χ3n) is 4.59. The van der Waals surface area contributed by atoms with Gasteiger partial charge in [0.15, 0.2) is 0 Å². The summed E-state index contributed by atoms with van der Waals surface area (Å²) in [5.74, 6) is -0.447. The molecule has 0 saturated carbocycles. The fourth-order valence-electron chi connectivity index (χ4n) is 2.86. The molecule has 0 saturated heterocycles. The third-order valence-corrected chi connectivity index (χ3v) is 6.43. The van der Waals surface area contributed by atoms with E-state index in [1.807, 2.05) is 54.6 Å². The molecule has 0 fully saturated rings. The van der Waals surface area contributed by atoms with Crippen LogP contribution in [0.25, 0.3) is 11.1 Å². The van der Waals surface area contributed by atoms with Crippen molar-refractivity contribution in [3.8, 4) is 16.9 Å². The van der Waals surface area contributed by atoms with E-state index in [1.165, 1.54) is 39.4 Å². The van der Waals surface area contributed by atoms with Crippen molar-refractivity contribution in [2.24, 2.45) is 0 Å². The summed E-state index contributed by atoms with van der Waals surface area (Å²) >= 11 is 0. The van der Waals surface area contributed by atoms with Crippen LogP contribution in [-0.4, -0.2) is 39.9 Å². The summed E-state index contributed by atoms with van der Waals surface area (Å²) < 4.78 is 36.6. The first-order valence-corrected chi connectivity index (χ1v) is 10.7. The molecule has 6 nitrogen and oxygen atoms in total. The standard InChI is InChI=1S/C23H23NO5S/c1-24(2)30(26,27)22-15-20(13-14-21(22)28-3)23(25)29-16-17-9-11-19(12-10-17)18-7-5-4-6-8-18/h4-15H,16H2,1-3H3. The Morgan fingerprint density at radius 2 is 1.53 bits per heavy atom. The topological polar surface area (TPSA) is 72.9 Å². The molecule has 7 heteroatoms. The second kappa shape index (κ2) is 9.11. The lowest BCUT2D eigenvalue weighted by Crippen LogP contribution is -2.23. The summed E-state index contributed by atoms with van der Waals surface area (Å²) in [4.78, 5) is 12.4. The number of esters is 1. The average molecular weight is 426 g/mol. The zero-order chi connectivity index (χ0) is 21.7. The molecule has 0 amide bonds. The minimum atomic E-state index is -3.77. The Labute approximate surface area is 176 Å². The van der Waals surface area contributed by atoms with Crippen LogP contribution < -0.4 is 4.74 Å². The number of hydrogen-bond acceptors (Lipinski definition) is 5. The van der Waals surface area contributed by atoms with E-state index in [0.29, 0.717) is 0 Å². The lowest BCUT2D eigenvalue weighted by Gasteiger charge is -2.15. The molecule has 0 aromatic heterocycles. The van der Waals surface area contributed by atoms with Gasteiger partial charge < -0.3 is 9.47 Å². The van der Waals surface area contributed by atoms with Gasteiger partial charge in [-0.25, -0.2) is 17.5 Å². The molecule has 30 heavy (non-hydrogen) atoms. The Kier molecular flexibility index (Phi) is 6.54. The van der Waals surface area contributed by atoms with Gasteiger partial charge in [0.1, 0.15) is 17.3 Å². The molecule has 0 aliphatic heterocycles. The zero-order valence-electron chi connectivity index (χ0n) is 17.0. The lowest BCUT2D eigenvalue weighted by atomic mass is 10.0. The maximum Gasteiger partial charge on any atom is 0.338 e. The number of carbonyl (C=O) groups is 1. The van der Waals surface area contributed by atoms with Crippen LogP contribution in [0.4, 0.5) is 0 Å². The maximum absolute atomic E-state index is 12.5. The van der Waals surface area contributed by atoms with Gasteiger partial charge in [-0.3, -0.25) is 0 Å². The molecular weight excluding hydrogens is 402 g/mol. The molecule has 0 aliphatic carbocycles. The largest absolute Gasteiger partial charge is 0.495 e. The first kappa shape index (κ1) is 21.5. The minimum absolute atomic E-state index is 0.0791. The number of hydrogen-bond donors (Lipinski definition) is 0. The summed E-state index contributed by atoms with van der Waals surface area (Å²) in [5, 5.41) is 0. The molecule has 3 rings (SSSR count). The van der Waals surface area contributed by atoms with Crippen molar-refractivity contribution in [3.63, 3.8) is 0 Å². The highest BCUT2D eigenvalue weighted by Crippen LogP contribution is 2.27. The molecule has 3 aromatic rings. The molecule has 0 bridgehead atoms. The van der Waals surface area contributed by atoms with E-state index in [9.17, 15) is 13.2 Å². The summed E-state index contributed by atoms with van der Waals surface area (Å²) in [6, 6.07) is 21.9. The quantitative estimate of drug-likeness (QED) is 0.536. The fourth-order valence-corrected chi connectivity index (χ4v) is 3.93. The van der Waals surface area contributed by atoms with Gasteiger partial charge in [-0.1, -0.05) is 54.6 Å². The predicted octanol–water partition coefficient (Wildman–Crippen LogP) is 3.97. The van der Waals surface area contributed by atoms with Gasteiger partial charge in [0, 0.05) is 14.1 Å². The van der Waals surface area contributed by atoms with Crippen molar-refractivity contribution in [2.75, 3.05) is 21.2 Å². The summed E-state index contributed by atoms with van der Waals surface area (Å²) in [7, 11) is 0.434. The first-order valence-electron chi connectivity index (χ1n) is 9.25. The molecule has 0 N–H and O–H groups in total. The summed E-state index contributed by atoms with van der Waals surface area (Å²) in [6.45, 7) is 0.0791. The van der Waals surface area contributed by atoms with Crippen molar-refractivity contribution >= 4 is 16.0 Å².